The largest absolute Gasteiger partial charge is 0.270 e. The van der Waals surface area contributed by atoms with Gasteiger partial charge in [0.15, 0.2) is 0 Å². The number of tetrazole rings is 1. The van der Waals surface area contributed by atoms with E-state index in [1.807, 2.05) is 12.1 Å². The van der Waals surface area contributed by atoms with Crippen LogP contribution in [0.1, 0.15) is 5.56 Å². The average molecular weight is 296 g/mol. The molecule has 1 aromatic carbocycles. The summed E-state index contributed by atoms with van der Waals surface area (Å²) in [6.07, 6.45) is 4.23. The third kappa shape index (κ3) is 3.11. The molecule has 0 unspecified atom stereocenters. The fraction of sp³-hybridized carbons (Fsp3) is 0.143. The molecule has 3 rings (SSSR count). The number of hydrogen-bond acceptors (Lipinski definition) is 6. The number of rotatable bonds is 5. The molecule has 110 valence electrons. The fourth-order valence-electron chi connectivity index (χ4n) is 1.99. The van der Waals surface area contributed by atoms with E-state index in [-0.39, 0.29) is 5.69 Å². The monoisotopic (exact) mass is 296 g/mol. The quantitative estimate of drug-likeness (QED) is 0.526. The minimum Gasteiger partial charge on any atom is -0.265 e. The molecular weight excluding hydrogens is 284 g/mol. The Kier molecular flexibility index (Phi) is 3.82. The highest BCUT2D eigenvalue weighted by Crippen LogP contribution is 2.19. The Morgan fingerprint density at radius 3 is 2.77 bits per heavy atom. The summed E-state index contributed by atoms with van der Waals surface area (Å²) in [5.74, 6) is 0.374. The first-order valence-corrected chi connectivity index (χ1v) is 6.64. The van der Waals surface area contributed by atoms with E-state index in [1.54, 1.807) is 24.5 Å². The predicted octanol–water partition coefficient (Wildman–Crippen LogP) is 1.89. The zero-order chi connectivity index (χ0) is 15.4. The molecule has 0 bridgehead atoms. The Bertz CT molecular complexity index is 787. The number of nitro groups is 1. The van der Waals surface area contributed by atoms with Gasteiger partial charge in [-0.15, -0.1) is 10.2 Å². The Morgan fingerprint density at radius 1 is 1.18 bits per heavy atom. The lowest BCUT2D eigenvalue weighted by molar-refractivity contribution is -0.384. The number of aromatic nitrogens is 5. The lowest BCUT2D eigenvalue weighted by atomic mass is 10.2. The third-order valence-corrected chi connectivity index (χ3v) is 3.12. The van der Waals surface area contributed by atoms with E-state index in [1.165, 1.54) is 16.9 Å². The number of aryl methyl sites for hydroxylation is 2. The van der Waals surface area contributed by atoms with Gasteiger partial charge in [0.1, 0.15) is 0 Å². The number of non-ortho nitro benzene ring substituents is 1. The second-order valence-electron chi connectivity index (χ2n) is 4.62. The van der Waals surface area contributed by atoms with E-state index in [0.717, 1.165) is 12.0 Å². The molecule has 8 nitrogen and oxygen atoms in total. The van der Waals surface area contributed by atoms with Crippen molar-refractivity contribution in [2.75, 3.05) is 0 Å². The van der Waals surface area contributed by atoms with Gasteiger partial charge in [0, 0.05) is 30.1 Å². The molecule has 0 saturated heterocycles. The molecular formula is C14H12N6O2. The summed E-state index contributed by atoms with van der Waals surface area (Å²) in [4.78, 5) is 15.8. The van der Waals surface area contributed by atoms with Crippen LogP contribution in [-0.4, -0.2) is 30.1 Å². The molecule has 0 aliphatic carbocycles. The van der Waals surface area contributed by atoms with Crippen molar-refractivity contribution in [3.8, 4) is 11.4 Å². The minimum absolute atomic E-state index is 0.00522. The maximum Gasteiger partial charge on any atom is 0.270 e. The van der Waals surface area contributed by atoms with Crippen molar-refractivity contribution >= 4 is 5.69 Å². The van der Waals surface area contributed by atoms with Gasteiger partial charge in [-0.05, 0) is 29.3 Å². The Balaban J connectivity index is 1.73. The summed E-state index contributed by atoms with van der Waals surface area (Å²) in [7, 11) is 0. The van der Waals surface area contributed by atoms with E-state index in [4.69, 9.17) is 0 Å². The Morgan fingerprint density at radius 2 is 2.00 bits per heavy atom. The van der Waals surface area contributed by atoms with E-state index in [9.17, 15) is 10.1 Å². The molecule has 0 saturated carbocycles. The third-order valence-electron chi connectivity index (χ3n) is 3.12. The molecule has 0 N–H and O–H groups in total. The minimum atomic E-state index is -0.447. The van der Waals surface area contributed by atoms with Crippen molar-refractivity contribution in [2.45, 2.75) is 13.0 Å². The molecule has 0 fully saturated rings. The maximum absolute atomic E-state index is 10.8. The number of hydrogen-bond donors (Lipinski definition) is 0. The van der Waals surface area contributed by atoms with Gasteiger partial charge in [0.05, 0.1) is 11.5 Å². The van der Waals surface area contributed by atoms with Crippen LogP contribution in [0.25, 0.3) is 11.4 Å². The van der Waals surface area contributed by atoms with Crippen molar-refractivity contribution in [1.82, 2.24) is 25.2 Å². The van der Waals surface area contributed by atoms with Gasteiger partial charge in [-0.1, -0.05) is 12.1 Å². The van der Waals surface area contributed by atoms with Gasteiger partial charge >= 0.3 is 0 Å². The van der Waals surface area contributed by atoms with E-state index < -0.39 is 4.92 Å². The first-order chi connectivity index (χ1) is 10.7. The normalized spacial score (nSPS) is 10.5. The highest BCUT2D eigenvalue weighted by Gasteiger charge is 2.11. The molecule has 0 atom stereocenters. The van der Waals surface area contributed by atoms with E-state index in [0.29, 0.717) is 17.9 Å². The van der Waals surface area contributed by atoms with Crippen LogP contribution < -0.4 is 0 Å². The molecule has 2 heterocycles. The van der Waals surface area contributed by atoms with Gasteiger partial charge in [-0.25, -0.2) is 0 Å². The van der Waals surface area contributed by atoms with Crippen LogP contribution in [0.2, 0.25) is 0 Å². The van der Waals surface area contributed by atoms with E-state index in [2.05, 4.69) is 20.4 Å². The Hall–Kier alpha value is -3.16. The molecule has 0 amide bonds. The highest BCUT2D eigenvalue weighted by atomic mass is 16.6. The second kappa shape index (κ2) is 6.08. The standard InChI is InChI=1S/C14H12N6O2/c21-20(22)13-3-1-2-12(10-13)14-16-18-19(17-14)9-6-11-4-7-15-8-5-11/h1-5,7-8,10H,6,9H2. The molecule has 3 aromatic rings. The van der Waals surface area contributed by atoms with Gasteiger partial charge in [0.25, 0.3) is 5.69 Å². The Labute approximate surface area is 125 Å². The zero-order valence-electron chi connectivity index (χ0n) is 11.5. The van der Waals surface area contributed by atoms with Crippen LogP contribution >= 0.6 is 0 Å². The summed E-state index contributed by atoms with van der Waals surface area (Å²) in [6, 6.07) is 10.0. The summed E-state index contributed by atoms with van der Waals surface area (Å²) in [5, 5.41) is 23.0. The first kappa shape index (κ1) is 13.8. The number of benzene rings is 1. The summed E-state index contributed by atoms with van der Waals surface area (Å²) in [6.45, 7) is 0.575. The molecule has 2 aromatic heterocycles. The first-order valence-electron chi connectivity index (χ1n) is 6.64. The fourth-order valence-corrected chi connectivity index (χ4v) is 1.99. The summed E-state index contributed by atoms with van der Waals surface area (Å²) >= 11 is 0. The van der Waals surface area contributed by atoms with Crippen molar-refractivity contribution < 1.29 is 4.92 Å². The maximum atomic E-state index is 10.8. The number of pyridine rings is 1. The molecule has 8 heteroatoms. The predicted molar refractivity (Wildman–Crippen MR) is 77.8 cm³/mol. The smallest absolute Gasteiger partial charge is 0.265 e. The van der Waals surface area contributed by atoms with Crippen LogP contribution in [0.4, 0.5) is 5.69 Å². The SMILES string of the molecule is O=[N+]([O-])c1cccc(-c2nnn(CCc3ccncc3)n2)c1. The van der Waals surface area contributed by atoms with Crippen LogP contribution in [0.15, 0.2) is 48.8 Å². The lowest BCUT2D eigenvalue weighted by Gasteiger charge is -1.99. The van der Waals surface area contributed by atoms with Crippen LogP contribution in [-0.2, 0) is 13.0 Å². The van der Waals surface area contributed by atoms with Crippen LogP contribution in [0.5, 0.6) is 0 Å². The zero-order valence-corrected chi connectivity index (χ0v) is 11.5. The molecule has 22 heavy (non-hydrogen) atoms. The van der Waals surface area contributed by atoms with Gasteiger partial charge in [-0.3, -0.25) is 15.1 Å². The van der Waals surface area contributed by atoms with Crippen LogP contribution in [0, 0.1) is 10.1 Å². The molecule has 0 aliphatic heterocycles. The summed E-state index contributed by atoms with van der Waals surface area (Å²) in [5.41, 5.74) is 1.71. The topological polar surface area (TPSA) is 99.6 Å². The van der Waals surface area contributed by atoms with Crippen molar-refractivity contribution in [2.24, 2.45) is 0 Å². The second-order valence-corrected chi connectivity index (χ2v) is 4.62. The molecule has 0 radical (unpaired) electrons. The average Bonchev–Trinajstić information content (AvgIpc) is 3.03. The lowest BCUT2D eigenvalue weighted by Crippen LogP contribution is -2.05. The van der Waals surface area contributed by atoms with E-state index >= 15 is 0 Å². The van der Waals surface area contributed by atoms with Gasteiger partial charge in [0.2, 0.25) is 5.82 Å². The van der Waals surface area contributed by atoms with Gasteiger partial charge in [-0.2, -0.15) is 4.80 Å². The van der Waals surface area contributed by atoms with Crippen molar-refractivity contribution in [1.29, 1.82) is 0 Å². The number of nitro benzene ring substituents is 1. The summed E-state index contributed by atoms with van der Waals surface area (Å²) < 4.78 is 0. The van der Waals surface area contributed by atoms with Crippen molar-refractivity contribution in [3.63, 3.8) is 0 Å². The number of nitrogens with zero attached hydrogens (tertiary/aromatic N) is 6. The molecule has 0 aliphatic rings. The van der Waals surface area contributed by atoms with Crippen LogP contribution in [0.3, 0.4) is 0 Å². The highest BCUT2D eigenvalue weighted by molar-refractivity contribution is 5.58. The van der Waals surface area contributed by atoms with Gasteiger partial charge < -0.3 is 0 Å². The van der Waals surface area contributed by atoms with Crippen molar-refractivity contribution in [3.05, 3.63) is 64.5 Å². The molecule has 0 spiro atoms.